The van der Waals surface area contributed by atoms with E-state index in [1.54, 1.807) is 0 Å². The Kier molecular flexibility index (Phi) is 5.04. The van der Waals surface area contributed by atoms with Crippen molar-refractivity contribution in [3.63, 3.8) is 0 Å². The molecule has 3 aromatic rings. The van der Waals surface area contributed by atoms with Gasteiger partial charge >= 0.3 is 0 Å². The Labute approximate surface area is 165 Å². The molecule has 0 aliphatic carbocycles. The van der Waals surface area contributed by atoms with Gasteiger partial charge in [-0.15, -0.1) is 0 Å². The summed E-state index contributed by atoms with van der Waals surface area (Å²) in [6, 6.07) is 24.9. The molecule has 3 rings (SSSR count). The first-order valence-electron chi connectivity index (χ1n) is 9.87. The lowest BCUT2D eigenvalue weighted by Gasteiger charge is -2.20. The fourth-order valence-electron chi connectivity index (χ4n) is 3.44. The van der Waals surface area contributed by atoms with Gasteiger partial charge in [0.25, 0.3) is 0 Å². The molecule has 0 fully saturated rings. The van der Waals surface area contributed by atoms with Crippen molar-refractivity contribution in [3.8, 4) is 22.3 Å². The fraction of sp³-hybridized carbons (Fsp3) is 0.333. The Balaban J connectivity index is 1.97. The first-order valence-corrected chi connectivity index (χ1v) is 9.87. The van der Waals surface area contributed by atoms with Crippen molar-refractivity contribution in [1.29, 1.82) is 0 Å². The minimum atomic E-state index is 0.186. The van der Waals surface area contributed by atoms with Gasteiger partial charge in [0.1, 0.15) is 0 Å². The number of hydrogen-bond donors (Lipinski definition) is 0. The molecule has 0 heteroatoms. The zero-order valence-electron chi connectivity index (χ0n) is 17.9. The van der Waals surface area contributed by atoms with E-state index in [0.29, 0.717) is 0 Å². The maximum Gasteiger partial charge on any atom is -0.0132 e. The summed E-state index contributed by atoms with van der Waals surface area (Å²) >= 11 is 0. The highest BCUT2D eigenvalue weighted by atomic mass is 14.2. The van der Waals surface area contributed by atoms with E-state index in [9.17, 15) is 0 Å². The topological polar surface area (TPSA) is 0 Å². The van der Waals surface area contributed by atoms with Crippen LogP contribution in [0.1, 0.15) is 58.2 Å². The molecule has 0 saturated carbocycles. The molecule has 140 valence electrons. The number of aryl methyl sites for hydroxylation is 1. The van der Waals surface area contributed by atoms with Crippen molar-refractivity contribution >= 4 is 0 Å². The van der Waals surface area contributed by atoms with Crippen LogP contribution in [0.2, 0.25) is 0 Å². The average molecular weight is 357 g/mol. The summed E-state index contributed by atoms with van der Waals surface area (Å²) in [5, 5.41) is 0. The lowest BCUT2D eigenvalue weighted by molar-refractivity contribution is 0.590. The minimum Gasteiger partial charge on any atom is -0.0579 e. The van der Waals surface area contributed by atoms with Crippen LogP contribution in [-0.2, 0) is 10.8 Å². The average Bonchev–Trinajstić information content (AvgIpc) is 2.60. The van der Waals surface area contributed by atoms with E-state index in [1.165, 1.54) is 38.9 Å². The van der Waals surface area contributed by atoms with Gasteiger partial charge < -0.3 is 0 Å². The van der Waals surface area contributed by atoms with E-state index in [4.69, 9.17) is 0 Å². The number of benzene rings is 3. The smallest absolute Gasteiger partial charge is 0.0132 e. The molecular weight excluding hydrogens is 324 g/mol. The summed E-state index contributed by atoms with van der Waals surface area (Å²) in [4.78, 5) is 0. The largest absolute Gasteiger partial charge is 0.0579 e. The van der Waals surface area contributed by atoms with Crippen molar-refractivity contribution in [3.05, 3.63) is 83.4 Å². The van der Waals surface area contributed by atoms with Crippen LogP contribution in [0.4, 0.5) is 0 Å². The highest BCUT2D eigenvalue weighted by Crippen LogP contribution is 2.31. The van der Waals surface area contributed by atoms with E-state index in [2.05, 4.69) is 115 Å². The van der Waals surface area contributed by atoms with Crippen LogP contribution in [0.15, 0.2) is 66.7 Å². The lowest BCUT2D eigenvalue weighted by Crippen LogP contribution is -2.10. The van der Waals surface area contributed by atoms with Gasteiger partial charge in [0.15, 0.2) is 0 Å². The van der Waals surface area contributed by atoms with Crippen LogP contribution in [0.3, 0.4) is 0 Å². The Morgan fingerprint density at radius 2 is 0.778 bits per heavy atom. The quantitative estimate of drug-likeness (QED) is 0.437. The normalized spacial score (nSPS) is 12.3. The standard InChI is InChI=1S/C27H32/c1-19-16-22(20-8-12-24(13-9-20)26(2,3)4)18-23(17-19)21-10-14-25(15-11-21)27(5,6)7/h8-18H,1-7H3. The van der Waals surface area contributed by atoms with E-state index < -0.39 is 0 Å². The van der Waals surface area contributed by atoms with Crippen molar-refractivity contribution in [2.24, 2.45) is 0 Å². The third-order valence-electron chi connectivity index (χ3n) is 5.25. The van der Waals surface area contributed by atoms with Crippen LogP contribution in [0.25, 0.3) is 22.3 Å². The second kappa shape index (κ2) is 7.00. The van der Waals surface area contributed by atoms with Gasteiger partial charge in [0.05, 0.1) is 0 Å². The fourth-order valence-corrected chi connectivity index (χ4v) is 3.44. The first-order chi connectivity index (χ1) is 12.5. The van der Waals surface area contributed by atoms with Gasteiger partial charge in [-0.05, 0) is 62.8 Å². The molecule has 3 aromatic carbocycles. The van der Waals surface area contributed by atoms with E-state index in [1.807, 2.05) is 0 Å². The highest BCUT2D eigenvalue weighted by Gasteiger charge is 2.14. The summed E-state index contributed by atoms with van der Waals surface area (Å²) in [5.74, 6) is 0. The van der Waals surface area contributed by atoms with Crippen LogP contribution in [0.5, 0.6) is 0 Å². The molecule has 0 atom stereocenters. The molecule has 0 amide bonds. The van der Waals surface area contributed by atoms with Crippen LogP contribution < -0.4 is 0 Å². The van der Waals surface area contributed by atoms with Gasteiger partial charge in [0, 0.05) is 0 Å². The molecule has 0 nitrogen and oxygen atoms in total. The molecule has 0 N–H and O–H groups in total. The van der Waals surface area contributed by atoms with Gasteiger partial charge in [-0.2, -0.15) is 0 Å². The predicted octanol–water partition coefficient (Wildman–Crippen LogP) is 7.92. The van der Waals surface area contributed by atoms with E-state index in [0.717, 1.165) is 0 Å². The Morgan fingerprint density at radius 1 is 0.444 bits per heavy atom. The summed E-state index contributed by atoms with van der Waals surface area (Å²) in [5.41, 5.74) is 9.53. The Morgan fingerprint density at radius 3 is 1.07 bits per heavy atom. The minimum absolute atomic E-state index is 0.186. The van der Waals surface area contributed by atoms with Crippen LogP contribution in [0, 0.1) is 6.92 Å². The Hall–Kier alpha value is -2.34. The van der Waals surface area contributed by atoms with E-state index in [-0.39, 0.29) is 10.8 Å². The summed E-state index contributed by atoms with van der Waals surface area (Å²) in [7, 11) is 0. The van der Waals surface area contributed by atoms with Crippen LogP contribution >= 0.6 is 0 Å². The molecule has 0 spiro atoms. The van der Waals surface area contributed by atoms with Crippen LogP contribution in [-0.4, -0.2) is 0 Å². The van der Waals surface area contributed by atoms with E-state index >= 15 is 0 Å². The maximum absolute atomic E-state index is 2.31. The second-order valence-corrected chi connectivity index (χ2v) is 9.74. The molecule has 0 unspecified atom stereocenters. The van der Waals surface area contributed by atoms with Crippen molar-refractivity contribution in [1.82, 2.24) is 0 Å². The summed E-state index contributed by atoms with van der Waals surface area (Å²) < 4.78 is 0. The van der Waals surface area contributed by atoms with Crippen molar-refractivity contribution in [2.45, 2.75) is 59.3 Å². The zero-order chi connectivity index (χ0) is 19.8. The lowest BCUT2D eigenvalue weighted by atomic mass is 9.85. The number of rotatable bonds is 2. The SMILES string of the molecule is Cc1cc(-c2ccc(C(C)(C)C)cc2)cc(-c2ccc(C(C)(C)C)cc2)c1. The van der Waals surface area contributed by atoms with Crippen molar-refractivity contribution in [2.75, 3.05) is 0 Å². The molecule has 0 radical (unpaired) electrons. The first kappa shape index (κ1) is 19.4. The maximum atomic E-state index is 2.31. The van der Waals surface area contributed by atoms with Crippen molar-refractivity contribution < 1.29 is 0 Å². The van der Waals surface area contributed by atoms with Gasteiger partial charge in [-0.3, -0.25) is 0 Å². The summed E-state index contributed by atoms with van der Waals surface area (Å²) in [6.45, 7) is 15.7. The monoisotopic (exact) mass is 356 g/mol. The second-order valence-electron chi connectivity index (χ2n) is 9.74. The molecule has 0 aromatic heterocycles. The highest BCUT2D eigenvalue weighted by molar-refractivity contribution is 5.74. The third-order valence-corrected chi connectivity index (χ3v) is 5.25. The molecule has 0 bridgehead atoms. The molecule has 0 heterocycles. The third kappa shape index (κ3) is 4.50. The van der Waals surface area contributed by atoms with Gasteiger partial charge in [0.2, 0.25) is 0 Å². The number of hydrogen-bond acceptors (Lipinski definition) is 0. The molecule has 0 aliphatic heterocycles. The molecule has 0 aliphatic rings. The van der Waals surface area contributed by atoms with Gasteiger partial charge in [-0.25, -0.2) is 0 Å². The molecule has 27 heavy (non-hydrogen) atoms. The zero-order valence-corrected chi connectivity index (χ0v) is 17.9. The molecular formula is C27H32. The predicted molar refractivity (Wildman–Crippen MR) is 119 cm³/mol. The summed E-state index contributed by atoms with van der Waals surface area (Å²) in [6.07, 6.45) is 0. The van der Waals surface area contributed by atoms with Gasteiger partial charge in [-0.1, -0.05) is 102 Å². The molecule has 0 saturated heterocycles. The Bertz CT molecular complexity index is 836.